The first-order valence-corrected chi connectivity index (χ1v) is 2.87. The van der Waals surface area contributed by atoms with E-state index in [4.69, 9.17) is 17.1 Å². The van der Waals surface area contributed by atoms with Crippen LogP contribution in [-0.2, 0) is 0 Å². The van der Waals surface area contributed by atoms with Gasteiger partial charge in [-0.25, -0.2) is 0 Å². The molecule has 10 heavy (non-hydrogen) atoms. The van der Waals surface area contributed by atoms with Crippen LogP contribution in [0.25, 0.3) is 10.4 Å². The Morgan fingerprint density at radius 2 is 2.50 bits per heavy atom. The normalized spacial score (nSPS) is 8.50. The fraction of sp³-hybridized carbons (Fsp3) is 0. The molecule has 0 aliphatic carbocycles. The Bertz CT molecular complexity index is 279. The minimum atomic E-state index is 0.361. The molecule has 0 amide bonds. The quantitative estimate of drug-likeness (QED) is 0.349. The third-order valence-electron chi connectivity index (χ3n) is 0.904. The van der Waals surface area contributed by atoms with Crippen LogP contribution in [0.5, 0.6) is 0 Å². The van der Waals surface area contributed by atoms with Gasteiger partial charge in [0.05, 0.1) is 10.7 Å². The molecule has 0 bridgehead atoms. The molecule has 0 radical (unpaired) electrons. The van der Waals surface area contributed by atoms with Gasteiger partial charge in [0.25, 0.3) is 0 Å². The van der Waals surface area contributed by atoms with E-state index in [1.54, 1.807) is 6.07 Å². The molecule has 0 unspecified atom stereocenters. The number of rotatable bonds is 1. The monoisotopic (exact) mass is 154 g/mol. The maximum Gasteiger partial charge on any atom is 0.0684 e. The molecule has 5 heteroatoms. The van der Waals surface area contributed by atoms with Gasteiger partial charge in [0.1, 0.15) is 0 Å². The Morgan fingerprint density at radius 1 is 1.70 bits per heavy atom. The van der Waals surface area contributed by atoms with Gasteiger partial charge in [-0.05, 0) is 11.6 Å². The van der Waals surface area contributed by atoms with Crippen molar-refractivity contribution in [1.82, 2.24) is 4.98 Å². The van der Waals surface area contributed by atoms with E-state index < -0.39 is 0 Å². The van der Waals surface area contributed by atoms with E-state index in [0.29, 0.717) is 10.7 Å². The minimum Gasteiger partial charge on any atom is -0.263 e. The first-order valence-electron chi connectivity index (χ1n) is 2.49. The largest absolute Gasteiger partial charge is 0.263 e. The van der Waals surface area contributed by atoms with E-state index in [9.17, 15) is 0 Å². The van der Waals surface area contributed by atoms with E-state index in [1.807, 2.05) is 0 Å². The molecule has 1 aromatic heterocycles. The first-order chi connectivity index (χ1) is 4.84. The third kappa shape index (κ3) is 1.37. The van der Waals surface area contributed by atoms with E-state index in [-0.39, 0.29) is 0 Å². The lowest BCUT2D eigenvalue weighted by molar-refractivity contribution is 1.31. The van der Waals surface area contributed by atoms with E-state index in [2.05, 4.69) is 15.0 Å². The van der Waals surface area contributed by atoms with Crippen LogP contribution in [0.2, 0.25) is 5.02 Å². The fourth-order valence-corrected chi connectivity index (χ4v) is 0.654. The lowest BCUT2D eigenvalue weighted by atomic mass is 10.4. The average molecular weight is 155 g/mol. The van der Waals surface area contributed by atoms with Crippen molar-refractivity contribution in [3.8, 4) is 0 Å². The van der Waals surface area contributed by atoms with E-state index in [1.165, 1.54) is 12.4 Å². The number of azide groups is 1. The Balaban J connectivity index is 3.14. The van der Waals surface area contributed by atoms with Gasteiger partial charge in [-0.3, -0.25) is 4.98 Å². The zero-order valence-corrected chi connectivity index (χ0v) is 5.65. The van der Waals surface area contributed by atoms with Gasteiger partial charge >= 0.3 is 0 Å². The summed E-state index contributed by atoms with van der Waals surface area (Å²) >= 11 is 5.58. The van der Waals surface area contributed by atoms with Gasteiger partial charge in [-0.1, -0.05) is 16.7 Å². The topological polar surface area (TPSA) is 61.7 Å². The number of pyridine rings is 1. The zero-order chi connectivity index (χ0) is 7.40. The molecule has 0 atom stereocenters. The molecule has 1 aromatic rings. The Labute approximate surface area is 62.1 Å². The summed E-state index contributed by atoms with van der Waals surface area (Å²) in [6.45, 7) is 0. The molecular formula is C5H3ClN4. The molecule has 0 aromatic carbocycles. The van der Waals surface area contributed by atoms with Gasteiger partial charge in [0.2, 0.25) is 0 Å². The second-order valence-corrected chi connectivity index (χ2v) is 1.92. The highest BCUT2D eigenvalue weighted by atomic mass is 35.5. The molecule has 4 nitrogen and oxygen atoms in total. The Hall–Kier alpha value is -1.25. The van der Waals surface area contributed by atoms with Crippen LogP contribution in [0.3, 0.4) is 0 Å². The van der Waals surface area contributed by atoms with Crippen LogP contribution < -0.4 is 0 Å². The van der Waals surface area contributed by atoms with Crippen molar-refractivity contribution >= 4 is 17.3 Å². The van der Waals surface area contributed by atoms with Crippen molar-refractivity contribution in [1.29, 1.82) is 0 Å². The second-order valence-electron chi connectivity index (χ2n) is 1.52. The average Bonchev–Trinajstić information content (AvgIpc) is 1.94. The number of nitrogens with zero attached hydrogens (tertiary/aromatic N) is 4. The summed E-state index contributed by atoms with van der Waals surface area (Å²) in [5.41, 5.74) is 8.43. The van der Waals surface area contributed by atoms with E-state index >= 15 is 0 Å². The summed E-state index contributed by atoms with van der Waals surface area (Å²) in [5.74, 6) is 0. The summed E-state index contributed by atoms with van der Waals surface area (Å²) in [7, 11) is 0. The highest BCUT2D eigenvalue weighted by Crippen LogP contribution is 2.21. The molecule has 0 fully saturated rings. The smallest absolute Gasteiger partial charge is 0.0684 e. The molecule has 0 aliphatic heterocycles. The molecule has 1 heterocycles. The van der Waals surface area contributed by atoms with Gasteiger partial charge in [0, 0.05) is 17.3 Å². The van der Waals surface area contributed by atoms with Crippen molar-refractivity contribution < 1.29 is 0 Å². The summed E-state index contributed by atoms with van der Waals surface area (Å²) in [4.78, 5) is 6.29. The first kappa shape index (κ1) is 6.86. The predicted molar refractivity (Wildman–Crippen MR) is 38.1 cm³/mol. The van der Waals surface area contributed by atoms with Crippen molar-refractivity contribution in [2.45, 2.75) is 0 Å². The van der Waals surface area contributed by atoms with Crippen LogP contribution in [0.1, 0.15) is 0 Å². The molecule has 0 aliphatic rings. The summed E-state index contributed by atoms with van der Waals surface area (Å²) < 4.78 is 0. The summed E-state index contributed by atoms with van der Waals surface area (Å²) in [6, 6.07) is 1.54. The lowest BCUT2D eigenvalue weighted by Crippen LogP contribution is -1.68. The zero-order valence-electron chi connectivity index (χ0n) is 4.90. The Kier molecular flexibility index (Phi) is 2.10. The predicted octanol–water partition coefficient (Wildman–Crippen LogP) is 2.68. The highest BCUT2D eigenvalue weighted by Gasteiger charge is 1.92. The standard InChI is InChI=1S/C5H3ClN4/c6-4-3-8-2-1-5(4)9-10-7/h1-3H. The van der Waals surface area contributed by atoms with Crippen LogP contribution in [-0.4, -0.2) is 4.98 Å². The summed E-state index contributed by atoms with van der Waals surface area (Å²) in [5, 5.41) is 3.68. The maximum absolute atomic E-state index is 8.02. The SMILES string of the molecule is [N-]=[N+]=Nc1ccncc1Cl. The maximum atomic E-state index is 8.02. The number of aromatic nitrogens is 1. The van der Waals surface area contributed by atoms with Crippen LogP contribution in [0.4, 0.5) is 5.69 Å². The number of hydrogen-bond acceptors (Lipinski definition) is 2. The molecule has 0 N–H and O–H groups in total. The van der Waals surface area contributed by atoms with Crippen LogP contribution in [0, 0.1) is 0 Å². The molecule has 0 saturated carbocycles. The fourth-order valence-electron chi connectivity index (χ4n) is 0.497. The summed E-state index contributed by atoms with van der Waals surface area (Å²) in [6.07, 6.45) is 2.93. The van der Waals surface area contributed by atoms with Crippen molar-refractivity contribution in [2.75, 3.05) is 0 Å². The van der Waals surface area contributed by atoms with Gasteiger partial charge < -0.3 is 0 Å². The molecular weight excluding hydrogens is 152 g/mol. The highest BCUT2D eigenvalue weighted by molar-refractivity contribution is 6.32. The van der Waals surface area contributed by atoms with Crippen molar-refractivity contribution in [3.63, 3.8) is 0 Å². The lowest BCUT2D eigenvalue weighted by Gasteiger charge is -1.90. The van der Waals surface area contributed by atoms with Gasteiger partial charge in [0.15, 0.2) is 0 Å². The minimum absolute atomic E-state index is 0.361. The number of hydrogen-bond donors (Lipinski definition) is 0. The number of halogens is 1. The second kappa shape index (κ2) is 3.06. The molecule has 50 valence electrons. The van der Waals surface area contributed by atoms with Crippen LogP contribution in [0.15, 0.2) is 23.6 Å². The van der Waals surface area contributed by atoms with Crippen molar-refractivity contribution in [2.24, 2.45) is 5.11 Å². The third-order valence-corrected chi connectivity index (χ3v) is 1.19. The van der Waals surface area contributed by atoms with Crippen molar-refractivity contribution in [3.05, 3.63) is 33.9 Å². The molecule has 0 saturated heterocycles. The molecule has 0 spiro atoms. The van der Waals surface area contributed by atoms with Crippen LogP contribution >= 0.6 is 11.6 Å². The van der Waals surface area contributed by atoms with Gasteiger partial charge in [-0.2, -0.15) is 0 Å². The van der Waals surface area contributed by atoms with Gasteiger partial charge in [-0.15, -0.1) is 0 Å². The molecule has 1 rings (SSSR count). The Morgan fingerprint density at radius 3 is 3.10 bits per heavy atom. The van der Waals surface area contributed by atoms with E-state index in [0.717, 1.165) is 0 Å².